The van der Waals surface area contributed by atoms with E-state index in [9.17, 15) is 9.59 Å². The molecule has 7 heteroatoms. The van der Waals surface area contributed by atoms with E-state index in [0.717, 1.165) is 5.69 Å². The summed E-state index contributed by atoms with van der Waals surface area (Å²) < 4.78 is 10.3. The number of aryl methyl sites for hydroxylation is 1. The third kappa shape index (κ3) is 5.20. The van der Waals surface area contributed by atoms with Gasteiger partial charge in [0, 0.05) is 30.5 Å². The van der Waals surface area contributed by atoms with Crippen LogP contribution in [-0.4, -0.2) is 44.1 Å². The van der Waals surface area contributed by atoms with Crippen LogP contribution in [-0.2, 0) is 0 Å². The van der Waals surface area contributed by atoms with Crippen molar-refractivity contribution in [3.05, 3.63) is 53.3 Å². The highest BCUT2D eigenvalue weighted by Gasteiger charge is 2.10. The zero-order chi connectivity index (χ0) is 18.9. The summed E-state index contributed by atoms with van der Waals surface area (Å²) in [6.45, 7) is 2.77. The van der Waals surface area contributed by atoms with Gasteiger partial charge in [0.25, 0.3) is 11.8 Å². The standard InChI is InChI=1S/C19H23N3O4/c1-13-5-6-15(12-22-13)19(24)21-10-4-9-20-18(23)14-7-8-16(25-2)17(11-14)26-3/h5-8,11-12H,4,9-10H2,1-3H3,(H,20,23)(H,21,24). The molecule has 7 nitrogen and oxygen atoms in total. The number of amides is 2. The summed E-state index contributed by atoms with van der Waals surface area (Å²) in [6.07, 6.45) is 2.16. The van der Waals surface area contributed by atoms with Crippen molar-refractivity contribution < 1.29 is 19.1 Å². The minimum absolute atomic E-state index is 0.177. The highest BCUT2D eigenvalue weighted by Crippen LogP contribution is 2.27. The molecule has 0 aliphatic carbocycles. The molecule has 0 aliphatic heterocycles. The molecule has 2 rings (SSSR count). The van der Waals surface area contributed by atoms with Gasteiger partial charge < -0.3 is 20.1 Å². The normalized spacial score (nSPS) is 10.1. The van der Waals surface area contributed by atoms with E-state index in [0.29, 0.717) is 42.1 Å². The van der Waals surface area contributed by atoms with Gasteiger partial charge in [0.15, 0.2) is 11.5 Å². The number of rotatable bonds is 8. The number of hydrogen-bond donors (Lipinski definition) is 2. The Bertz CT molecular complexity index is 760. The first-order chi connectivity index (χ1) is 12.5. The van der Waals surface area contributed by atoms with E-state index in [1.807, 2.05) is 6.92 Å². The van der Waals surface area contributed by atoms with Gasteiger partial charge in [-0.3, -0.25) is 14.6 Å². The number of nitrogens with one attached hydrogen (secondary N) is 2. The molecule has 0 radical (unpaired) electrons. The molecular formula is C19H23N3O4. The van der Waals surface area contributed by atoms with Crippen LogP contribution < -0.4 is 20.1 Å². The summed E-state index contributed by atoms with van der Waals surface area (Å²) in [5.41, 5.74) is 1.86. The van der Waals surface area contributed by atoms with Gasteiger partial charge in [0.05, 0.1) is 19.8 Å². The Morgan fingerprint density at radius 3 is 2.12 bits per heavy atom. The maximum absolute atomic E-state index is 12.2. The van der Waals surface area contributed by atoms with Gasteiger partial charge >= 0.3 is 0 Å². The minimum atomic E-state index is -0.208. The molecule has 0 saturated carbocycles. The van der Waals surface area contributed by atoms with Crippen LogP contribution in [0.3, 0.4) is 0 Å². The Morgan fingerprint density at radius 2 is 1.54 bits per heavy atom. The minimum Gasteiger partial charge on any atom is -0.493 e. The van der Waals surface area contributed by atoms with Crippen LogP contribution in [0.2, 0.25) is 0 Å². The maximum atomic E-state index is 12.2. The maximum Gasteiger partial charge on any atom is 0.252 e. The van der Waals surface area contributed by atoms with Gasteiger partial charge in [0.2, 0.25) is 0 Å². The average Bonchev–Trinajstić information content (AvgIpc) is 2.67. The van der Waals surface area contributed by atoms with Gasteiger partial charge in [-0.25, -0.2) is 0 Å². The molecule has 0 unspecified atom stereocenters. The van der Waals surface area contributed by atoms with Crippen molar-refractivity contribution in [3.8, 4) is 11.5 Å². The molecule has 0 spiro atoms. The number of nitrogens with zero attached hydrogens (tertiary/aromatic N) is 1. The Labute approximate surface area is 152 Å². The van der Waals surface area contributed by atoms with Crippen molar-refractivity contribution in [1.82, 2.24) is 15.6 Å². The average molecular weight is 357 g/mol. The summed E-state index contributed by atoms with van der Waals surface area (Å²) in [4.78, 5) is 28.2. The molecule has 2 amide bonds. The first-order valence-corrected chi connectivity index (χ1v) is 8.26. The number of benzene rings is 1. The molecule has 1 aromatic carbocycles. The topological polar surface area (TPSA) is 89.6 Å². The second-order valence-electron chi connectivity index (χ2n) is 5.62. The van der Waals surface area contributed by atoms with Gasteiger partial charge in [0.1, 0.15) is 0 Å². The quantitative estimate of drug-likeness (QED) is 0.705. The van der Waals surface area contributed by atoms with Crippen molar-refractivity contribution in [2.45, 2.75) is 13.3 Å². The third-order valence-electron chi connectivity index (χ3n) is 3.74. The molecular weight excluding hydrogens is 334 g/mol. The summed E-state index contributed by atoms with van der Waals surface area (Å²) in [5.74, 6) is 0.681. The predicted molar refractivity (Wildman–Crippen MR) is 97.8 cm³/mol. The van der Waals surface area contributed by atoms with Crippen LogP contribution in [0.25, 0.3) is 0 Å². The van der Waals surface area contributed by atoms with E-state index in [4.69, 9.17) is 9.47 Å². The molecule has 0 aliphatic rings. The molecule has 1 heterocycles. The lowest BCUT2D eigenvalue weighted by molar-refractivity contribution is 0.0951. The van der Waals surface area contributed by atoms with Gasteiger partial charge in [-0.05, 0) is 43.7 Å². The van der Waals surface area contributed by atoms with Gasteiger partial charge in [-0.15, -0.1) is 0 Å². The van der Waals surface area contributed by atoms with E-state index in [1.165, 1.54) is 7.11 Å². The lowest BCUT2D eigenvalue weighted by Gasteiger charge is -2.10. The Morgan fingerprint density at radius 1 is 0.923 bits per heavy atom. The van der Waals surface area contributed by atoms with Gasteiger partial charge in [-0.1, -0.05) is 0 Å². The number of ether oxygens (including phenoxy) is 2. The first kappa shape index (κ1) is 19.2. The second-order valence-corrected chi connectivity index (χ2v) is 5.62. The molecule has 0 saturated heterocycles. The molecule has 0 fully saturated rings. The number of hydrogen-bond acceptors (Lipinski definition) is 5. The first-order valence-electron chi connectivity index (χ1n) is 8.26. The molecule has 138 valence electrons. The van der Waals surface area contributed by atoms with Crippen molar-refractivity contribution in [3.63, 3.8) is 0 Å². The molecule has 2 aromatic rings. The molecule has 0 bridgehead atoms. The summed E-state index contributed by atoms with van der Waals surface area (Å²) in [5, 5.41) is 5.61. The van der Waals surface area contributed by atoms with Crippen LogP contribution in [0.15, 0.2) is 36.5 Å². The van der Waals surface area contributed by atoms with Gasteiger partial charge in [-0.2, -0.15) is 0 Å². The van der Waals surface area contributed by atoms with Crippen LogP contribution in [0, 0.1) is 6.92 Å². The third-order valence-corrected chi connectivity index (χ3v) is 3.74. The van der Waals surface area contributed by atoms with Crippen LogP contribution in [0.5, 0.6) is 11.5 Å². The Balaban J connectivity index is 1.75. The Hall–Kier alpha value is -3.09. The van der Waals surface area contributed by atoms with E-state index in [-0.39, 0.29) is 11.8 Å². The lowest BCUT2D eigenvalue weighted by Crippen LogP contribution is -2.30. The van der Waals surface area contributed by atoms with Crippen LogP contribution >= 0.6 is 0 Å². The van der Waals surface area contributed by atoms with Crippen molar-refractivity contribution in [2.75, 3.05) is 27.3 Å². The van der Waals surface area contributed by atoms with Crippen LogP contribution in [0.1, 0.15) is 32.8 Å². The summed E-state index contributed by atoms with van der Waals surface area (Å²) in [6, 6.07) is 8.50. The van der Waals surface area contributed by atoms with Crippen molar-refractivity contribution in [2.24, 2.45) is 0 Å². The molecule has 26 heavy (non-hydrogen) atoms. The number of aromatic nitrogens is 1. The summed E-state index contributed by atoms with van der Waals surface area (Å²) >= 11 is 0. The number of pyridine rings is 1. The molecule has 2 N–H and O–H groups in total. The zero-order valence-corrected chi connectivity index (χ0v) is 15.2. The van der Waals surface area contributed by atoms with E-state index in [1.54, 1.807) is 43.6 Å². The Kier molecular flexibility index (Phi) is 6.96. The number of carbonyl (C=O) groups is 2. The van der Waals surface area contributed by atoms with E-state index in [2.05, 4.69) is 15.6 Å². The van der Waals surface area contributed by atoms with Crippen molar-refractivity contribution in [1.29, 1.82) is 0 Å². The number of methoxy groups -OCH3 is 2. The van der Waals surface area contributed by atoms with E-state index < -0.39 is 0 Å². The van der Waals surface area contributed by atoms with Crippen LogP contribution in [0.4, 0.5) is 0 Å². The fourth-order valence-electron chi connectivity index (χ4n) is 2.28. The van der Waals surface area contributed by atoms with E-state index >= 15 is 0 Å². The molecule has 1 aromatic heterocycles. The fraction of sp³-hybridized carbons (Fsp3) is 0.316. The predicted octanol–water partition coefficient (Wildman–Crippen LogP) is 1.96. The highest BCUT2D eigenvalue weighted by molar-refractivity contribution is 5.95. The fourth-order valence-corrected chi connectivity index (χ4v) is 2.28. The SMILES string of the molecule is COc1ccc(C(=O)NCCCNC(=O)c2ccc(C)nc2)cc1OC. The van der Waals surface area contributed by atoms with Crippen molar-refractivity contribution >= 4 is 11.8 Å². The largest absolute Gasteiger partial charge is 0.493 e. The summed E-state index contributed by atoms with van der Waals surface area (Å²) in [7, 11) is 3.06. The number of carbonyl (C=O) groups excluding carboxylic acids is 2. The monoisotopic (exact) mass is 357 g/mol. The zero-order valence-electron chi connectivity index (χ0n) is 15.2. The smallest absolute Gasteiger partial charge is 0.252 e. The highest BCUT2D eigenvalue weighted by atomic mass is 16.5. The molecule has 0 atom stereocenters. The lowest BCUT2D eigenvalue weighted by atomic mass is 10.2. The second kappa shape index (κ2) is 9.41.